The van der Waals surface area contributed by atoms with E-state index < -0.39 is 0 Å². The van der Waals surface area contributed by atoms with Gasteiger partial charge in [-0.05, 0) is 0 Å². The Morgan fingerprint density at radius 2 is 2.67 bits per heavy atom. The van der Waals surface area contributed by atoms with E-state index in [1.165, 1.54) is 0 Å². The molecule has 0 aromatic heterocycles. The minimum Gasteiger partial charge on any atom is -0.497 e. The highest BCUT2D eigenvalue weighted by atomic mass is 16.5. The van der Waals surface area contributed by atoms with Crippen molar-refractivity contribution in [3.63, 3.8) is 0 Å². The molecule has 2 amide bonds. The average molecular weight is 126 g/mol. The molecular weight excluding hydrogens is 120 g/mol. The molecule has 4 nitrogen and oxygen atoms in total. The Hall–Kier alpha value is -1.19. The maximum absolute atomic E-state index is 10.5. The first-order chi connectivity index (χ1) is 4.36. The average Bonchev–Trinajstić information content (AvgIpc) is 2.22. The normalized spacial score (nSPS) is 30.0. The standard InChI is InChI=1S/C5H6N2O2/c8-5-6-3-1-9-2-4(3)7-5/h1,4H,2H2,(H2,6,7,8). The number of carbonyl (C=O) groups is 1. The lowest BCUT2D eigenvalue weighted by Crippen LogP contribution is -2.28. The van der Waals surface area contributed by atoms with Crippen molar-refractivity contribution in [2.24, 2.45) is 0 Å². The van der Waals surface area contributed by atoms with E-state index >= 15 is 0 Å². The SMILES string of the molecule is O=C1NC2=COCC2N1. The molecule has 0 aromatic carbocycles. The summed E-state index contributed by atoms with van der Waals surface area (Å²) in [6.45, 7) is 0.564. The Balaban J connectivity index is 2.24. The highest BCUT2D eigenvalue weighted by molar-refractivity contribution is 5.80. The number of amides is 2. The first-order valence-electron chi connectivity index (χ1n) is 2.75. The highest BCUT2D eigenvalue weighted by Gasteiger charge is 2.29. The van der Waals surface area contributed by atoms with Crippen LogP contribution in [0.4, 0.5) is 4.79 Å². The van der Waals surface area contributed by atoms with Crippen LogP contribution in [0.15, 0.2) is 12.0 Å². The second-order valence-electron chi connectivity index (χ2n) is 2.06. The molecule has 0 aliphatic carbocycles. The molecule has 48 valence electrons. The fourth-order valence-corrected chi connectivity index (χ4v) is 0.967. The van der Waals surface area contributed by atoms with E-state index in [9.17, 15) is 4.79 Å². The summed E-state index contributed by atoms with van der Waals surface area (Å²) in [6, 6.07) is -0.0490. The molecule has 1 unspecified atom stereocenters. The third-order valence-corrected chi connectivity index (χ3v) is 1.41. The summed E-state index contributed by atoms with van der Waals surface area (Å²) in [5.41, 5.74) is 0.847. The van der Waals surface area contributed by atoms with E-state index in [0.29, 0.717) is 6.61 Å². The number of nitrogens with one attached hydrogen (secondary N) is 2. The van der Waals surface area contributed by atoms with E-state index in [0.717, 1.165) is 5.70 Å². The molecule has 2 heterocycles. The van der Waals surface area contributed by atoms with Crippen molar-refractivity contribution in [1.82, 2.24) is 10.6 Å². The molecule has 2 aliphatic heterocycles. The molecule has 2 aliphatic rings. The van der Waals surface area contributed by atoms with Crippen LogP contribution >= 0.6 is 0 Å². The fraction of sp³-hybridized carbons (Fsp3) is 0.400. The molecule has 4 heteroatoms. The Labute approximate surface area is 51.9 Å². The summed E-state index contributed by atoms with van der Waals surface area (Å²) in [5.74, 6) is 0. The van der Waals surface area contributed by atoms with Gasteiger partial charge in [0.15, 0.2) is 0 Å². The Morgan fingerprint density at radius 3 is 3.44 bits per heavy atom. The van der Waals surface area contributed by atoms with Crippen molar-refractivity contribution < 1.29 is 9.53 Å². The number of hydrogen-bond acceptors (Lipinski definition) is 2. The van der Waals surface area contributed by atoms with Gasteiger partial charge in [-0.2, -0.15) is 0 Å². The van der Waals surface area contributed by atoms with E-state index in [4.69, 9.17) is 4.74 Å². The molecule has 1 fully saturated rings. The molecule has 1 atom stereocenters. The lowest BCUT2D eigenvalue weighted by molar-refractivity contribution is 0.234. The smallest absolute Gasteiger partial charge is 0.319 e. The first kappa shape index (κ1) is 4.67. The van der Waals surface area contributed by atoms with Gasteiger partial charge in [0.1, 0.15) is 18.9 Å². The summed E-state index contributed by atoms with van der Waals surface area (Å²) in [4.78, 5) is 10.5. The first-order valence-corrected chi connectivity index (χ1v) is 2.75. The van der Waals surface area contributed by atoms with Gasteiger partial charge in [-0.25, -0.2) is 4.79 Å². The van der Waals surface area contributed by atoms with Crippen LogP contribution in [-0.2, 0) is 4.74 Å². The second kappa shape index (κ2) is 1.40. The number of carbonyl (C=O) groups excluding carboxylic acids is 1. The van der Waals surface area contributed by atoms with Gasteiger partial charge >= 0.3 is 6.03 Å². The van der Waals surface area contributed by atoms with Gasteiger partial charge < -0.3 is 15.4 Å². The predicted molar refractivity (Wildman–Crippen MR) is 29.5 cm³/mol. The van der Waals surface area contributed by atoms with Crippen molar-refractivity contribution in [2.75, 3.05) is 6.61 Å². The Kier molecular flexibility index (Phi) is 0.726. The van der Waals surface area contributed by atoms with Gasteiger partial charge in [0.05, 0.1) is 5.70 Å². The largest absolute Gasteiger partial charge is 0.497 e. The van der Waals surface area contributed by atoms with Crippen LogP contribution in [0.2, 0.25) is 0 Å². The van der Waals surface area contributed by atoms with E-state index in [2.05, 4.69) is 10.6 Å². The molecule has 0 aromatic rings. The Morgan fingerprint density at radius 1 is 1.78 bits per heavy atom. The molecule has 0 spiro atoms. The van der Waals surface area contributed by atoms with Crippen molar-refractivity contribution in [3.8, 4) is 0 Å². The van der Waals surface area contributed by atoms with Crippen LogP contribution < -0.4 is 10.6 Å². The van der Waals surface area contributed by atoms with Crippen LogP contribution in [0.5, 0.6) is 0 Å². The monoisotopic (exact) mass is 126 g/mol. The zero-order chi connectivity index (χ0) is 6.27. The predicted octanol–water partition coefficient (Wildman–Crippen LogP) is -0.461. The van der Waals surface area contributed by atoms with Gasteiger partial charge in [0, 0.05) is 0 Å². The molecular formula is C5H6N2O2. The molecule has 2 N–H and O–H groups in total. The number of fused-ring (bicyclic) bond motifs is 1. The zero-order valence-electron chi connectivity index (χ0n) is 4.68. The molecule has 0 radical (unpaired) electrons. The van der Waals surface area contributed by atoms with Crippen LogP contribution in [0.25, 0.3) is 0 Å². The maximum Gasteiger partial charge on any atom is 0.319 e. The fourth-order valence-electron chi connectivity index (χ4n) is 0.967. The lowest BCUT2D eigenvalue weighted by atomic mass is 10.3. The van der Waals surface area contributed by atoms with Crippen molar-refractivity contribution in [2.45, 2.75) is 6.04 Å². The van der Waals surface area contributed by atoms with Gasteiger partial charge in [-0.15, -0.1) is 0 Å². The summed E-state index contributed by atoms with van der Waals surface area (Å²) in [5, 5.41) is 5.27. The van der Waals surface area contributed by atoms with Gasteiger partial charge in [-0.1, -0.05) is 0 Å². The lowest BCUT2D eigenvalue weighted by Gasteiger charge is -1.98. The third kappa shape index (κ3) is 0.558. The summed E-state index contributed by atoms with van der Waals surface area (Å²) >= 11 is 0. The molecule has 0 saturated carbocycles. The topological polar surface area (TPSA) is 50.4 Å². The van der Waals surface area contributed by atoms with Crippen LogP contribution in [-0.4, -0.2) is 18.7 Å². The number of hydrogen-bond donors (Lipinski definition) is 2. The van der Waals surface area contributed by atoms with Crippen LogP contribution in [0, 0.1) is 0 Å². The quantitative estimate of drug-likeness (QED) is 0.461. The van der Waals surface area contributed by atoms with Gasteiger partial charge in [0.25, 0.3) is 0 Å². The minimum absolute atomic E-state index is 0.0810. The molecule has 9 heavy (non-hydrogen) atoms. The molecule has 2 rings (SSSR count). The van der Waals surface area contributed by atoms with Crippen molar-refractivity contribution in [3.05, 3.63) is 12.0 Å². The summed E-state index contributed by atoms with van der Waals surface area (Å²) < 4.78 is 4.92. The second-order valence-corrected chi connectivity index (χ2v) is 2.06. The highest BCUT2D eigenvalue weighted by Crippen LogP contribution is 2.12. The summed E-state index contributed by atoms with van der Waals surface area (Å²) in [6.07, 6.45) is 1.57. The number of urea groups is 1. The number of ether oxygens (including phenoxy) is 1. The van der Waals surface area contributed by atoms with E-state index in [1.54, 1.807) is 6.26 Å². The van der Waals surface area contributed by atoms with Gasteiger partial charge in [0.2, 0.25) is 0 Å². The molecule has 1 saturated heterocycles. The Bertz CT molecular complexity index is 187. The van der Waals surface area contributed by atoms with Crippen molar-refractivity contribution >= 4 is 6.03 Å². The minimum atomic E-state index is -0.130. The number of rotatable bonds is 0. The van der Waals surface area contributed by atoms with Crippen LogP contribution in [0.3, 0.4) is 0 Å². The van der Waals surface area contributed by atoms with Crippen LogP contribution in [0.1, 0.15) is 0 Å². The van der Waals surface area contributed by atoms with E-state index in [1.807, 2.05) is 0 Å². The van der Waals surface area contributed by atoms with Gasteiger partial charge in [-0.3, -0.25) is 0 Å². The summed E-state index contributed by atoms with van der Waals surface area (Å²) in [7, 11) is 0. The molecule has 0 bridgehead atoms. The third-order valence-electron chi connectivity index (χ3n) is 1.41. The maximum atomic E-state index is 10.5. The zero-order valence-corrected chi connectivity index (χ0v) is 4.68. The van der Waals surface area contributed by atoms with E-state index in [-0.39, 0.29) is 12.1 Å². The van der Waals surface area contributed by atoms with Crippen molar-refractivity contribution in [1.29, 1.82) is 0 Å².